The van der Waals surface area contributed by atoms with Crippen LogP contribution in [0.15, 0.2) is 12.7 Å². The Hall–Kier alpha value is -0.300. The zero-order valence-electron chi connectivity index (χ0n) is 9.92. The van der Waals surface area contributed by atoms with Gasteiger partial charge >= 0.3 is 0 Å². The van der Waals surface area contributed by atoms with Crippen LogP contribution in [0.5, 0.6) is 0 Å². The zero-order chi connectivity index (χ0) is 10.8. The van der Waals surface area contributed by atoms with E-state index in [1.165, 1.54) is 25.7 Å². The minimum absolute atomic E-state index is 0.218. The summed E-state index contributed by atoms with van der Waals surface area (Å²) in [7, 11) is 0. The fourth-order valence-corrected chi connectivity index (χ4v) is 2.56. The lowest BCUT2D eigenvalue weighted by molar-refractivity contribution is 0.145. The highest BCUT2D eigenvalue weighted by atomic mass is 14.6. The molecular weight excluding hydrogens is 170 g/mol. The molecule has 0 radical (unpaired) electrons. The van der Waals surface area contributed by atoms with Crippen molar-refractivity contribution in [1.29, 1.82) is 0 Å². The molecule has 1 atom stereocenters. The van der Waals surface area contributed by atoms with Crippen molar-refractivity contribution in [2.24, 2.45) is 23.0 Å². The first-order chi connectivity index (χ1) is 6.45. The summed E-state index contributed by atoms with van der Waals surface area (Å²) in [5.74, 6) is 1.57. The third-order valence-electron chi connectivity index (χ3n) is 3.81. The van der Waals surface area contributed by atoms with E-state index in [0.717, 1.165) is 5.92 Å². The predicted molar refractivity (Wildman–Crippen MR) is 63.1 cm³/mol. The minimum Gasteiger partial charge on any atom is -0.324 e. The molecule has 0 saturated heterocycles. The van der Waals surface area contributed by atoms with E-state index in [-0.39, 0.29) is 6.04 Å². The van der Waals surface area contributed by atoms with Crippen molar-refractivity contribution in [1.82, 2.24) is 0 Å². The lowest BCUT2D eigenvalue weighted by atomic mass is 9.68. The van der Waals surface area contributed by atoms with Crippen molar-refractivity contribution in [3.63, 3.8) is 0 Å². The summed E-state index contributed by atoms with van der Waals surface area (Å²) >= 11 is 0. The Morgan fingerprint density at radius 2 is 1.71 bits per heavy atom. The van der Waals surface area contributed by atoms with Crippen LogP contribution in [0.4, 0.5) is 0 Å². The Labute approximate surface area is 88.8 Å². The monoisotopic (exact) mass is 195 g/mol. The second kappa shape index (κ2) is 4.48. The van der Waals surface area contributed by atoms with E-state index in [0.29, 0.717) is 11.3 Å². The van der Waals surface area contributed by atoms with Crippen molar-refractivity contribution < 1.29 is 0 Å². The number of hydrogen-bond donors (Lipinski definition) is 1. The van der Waals surface area contributed by atoms with Gasteiger partial charge in [0.15, 0.2) is 0 Å². The van der Waals surface area contributed by atoms with Gasteiger partial charge in [-0.2, -0.15) is 0 Å². The lowest BCUT2D eigenvalue weighted by Gasteiger charge is -2.38. The topological polar surface area (TPSA) is 26.0 Å². The fourth-order valence-electron chi connectivity index (χ4n) is 2.56. The van der Waals surface area contributed by atoms with E-state index in [1.54, 1.807) is 0 Å². The molecule has 1 aliphatic carbocycles. The van der Waals surface area contributed by atoms with Crippen LogP contribution in [0.25, 0.3) is 0 Å². The van der Waals surface area contributed by atoms with E-state index >= 15 is 0 Å². The average molecular weight is 195 g/mol. The molecular formula is C13H25N. The van der Waals surface area contributed by atoms with E-state index in [1.807, 2.05) is 6.08 Å². The van der Waals surface area contributed by atoms with Crippen LogP contribution in [0, 0.1) is 17.3 Å². The van der Waals surface area contributed by atoms with E-state index in [9.17, 15) is 0 Å². The molecule has 2 N–H and O–H groups in total. The van der Waals surface area contributed by atoms with Gasteiger partial charge in [0.2, 0.25) is 0 Å². The zero-order valence-corrected chi connectivity index (χ0v) is 9.92. The standard InChI is InChI=1S/C13H25N/c1-5-12(14)10-6-8-11(9-7-10)13(2,3)4/h5,10-12H,1,6-9,14H2,2-4H3. The third-order valence-corrected chi connectivity index (χ3v) is 3.81. The van der Waals surface area contributed by atoms with Crippen LogP contribution in [0.2, 0.25) is 0 Å². The molecule has 1 aliphatic rings. The highest BCUT2D eigenvalue weighted by Gasteiger charge is 2.30. The second-order valence-corrected chi connectivity index (χ2v) is 5.79. The normalized spacial score (nSPS) is 31.1. The van der Waals surface area contributed by atoms with Crippen LogP contribution in [0.3, 0.4) is 0 Å². The molecule has 0 spiro atoms. The summed E-state index contributed by atoms with van der Waals surface area (Å²) in [6.07, 6.45) is 7.16. The van der Waals surface area contributed by atoms with Gasteiger partial charge in [0.25, 0.3) is 0 Å². The van der Waals surface area contributed by atoms with Crippen LogP contribution in [-0.2, 0) is 0 Å². The van der Waals surface area contributed by atoms with Crippen molar-refractivity contribution in [3.8, 4) is 0 Å². The summed E-state index contributed by atoms with van der Waals surface area (Å²) in [6.45, 7) is 10.8. The number of nitrogens with two attached hydrogens (primary N) is 1. The first kappa shape index (κ1) is 11.8. The van der Waals surface area contributed by atoms with Gasteiger partial charge in [0.05, 0.1) is 0 Å². The summed E-state index contributed by atoms with van der Waals surface area (Å²) < 4.78 is 0. The van der Waals surface area contributed by atoms with Crippen LogP contribution in [0.1, 0.15) is 46.5 Å². The largest absolute Gasteiger partial charge is 0.324 e. The number of rotatable bonds is 2. The Morgan fingerprint density at radius 1 is 1.21 bits per heavy atom. The maximum atomic E-state index is 5.98. The number of hydrogen-bond acceptors (Lipinski definition) is 1. The molecule has 0 aromatic carbocycles. The summed E-state index contributed by atoms with van der Waals surface area (Å²) in [5.41, 5.74) is 6.46. The minimum atomic E-state index is 0.218. The Morgan fingerprint density at radius 3 is 2.07 bits per heavy atom. The smallest absolute Gasteiger partial charge is 0.0249 e. The molecule has 0 aliphatic heterocycles. The lowest BCUT2D eigenvalue weighted by Crippen LogP contribution is -2.34. The molecule has 0 amide bonds. The van der Waals surface area contributed by atoms with Crippen molar-refractivity contribution >= 4 is 0 Å². The first-order valence-electron chi connectivity index (χ1n) is 5.83. The average Bonchev–Trinajstić information content (AvgIpc) is 2.15. The van der Waals surface area contributed by atoms with Gasteiger partial charge in [-0.3, -0.25) is 0 Å². The molecule has 14 heavy (non-hydrogen) atoms. The molecule has 82 valence electrons. The maximum Gasteiger partial charge on any atom is 0.0249 e. The van der Waals surface area contributed by atoms with Gasteiger partial charge in [0.1, 0.15) is 0 Å². The van der Waals surface area contributed by atoms with Gasteiger partial charge in [-0.05, 0) is 42.9 Å². The van der Waals surface area contributed by atoms with Crippen molar-refractivity contribution in [2.45, 2.75) is 52.5 Å². The second-order valence-electron chi connectivity index (χ2n) is 5.79. The molecule has 0 bridgehead atoms. The van der Waals surface area contributed by atoms with E-state index in [2.05, 4.69) is 27.4 Å². The predicted octanol–water partition coefficient (Wildman–Crippen LogP) is 3.35. The molecule has 0 aromatic heterocycles. The van der Waals surface area contributed by atoms with E-state index < -0.39 is 0 Å². The van der Waals surface area contributed by atoms with Crippen molar-refractivity contribution in [3.05, 3.63) is 12.7 Å². The Balaban J connectivity index is 2.42. The molecule has 1 nitrogen and oxygen atoms in total. The molecule has 1 saturated carbocycles. The molecule has 1 fully saturated rings. The molecule has 1 heteroatoms. The van der Waals surface area contributed by atoms with E-state index in [4.69, 9.17) is 5.73 Å². The molecule has 1 rings (SSSR count). The maximum absolute atomic E-state index is 5.98. The van der Waals surface area contributed by atoms with Gasteiger partial charge in [-0.25, -0.2) is 0 Å². The molecule has 0 heterocycles. The highest BCUT2D eigenvalue weighted by molar-refractivity contribution is 4.92. The first-order valence-corrected chi connectivity index (χ1v) is 5.83. The Bertz CT molecular complexity index is 182. The summed E-state index contributed by atoms with van der Waals surface area (Å²) in [5, 5.41) is 0. The molecule has 1 unspecified atom stereocenters. The summed E-state index contributed by atoms with van der Waals surface area (Å²) in [4.78, 5) is 0. The van der Waals surface area contributed by atoms with Crippen molar-refractivity contribution in [2.75, 3.05) is 0 Å². The van der Waals surface area contributed by atoms with Gasteiger partial charge in [-0.1, -0.05) is 26.8 Å². The van der Waals surface area contributed by atoms with Gasteiger partial charge < -0.3 is 5.73 Å². The Kier molecular flexibility index (Phi) is 3.77. The van der Waals surface area contributed by atoms with Gasteiger partial charge in [-0.15, -0.1) is 6.58 Å². The SMILES string of the molecule is C=CC(N)C1CCC(C(C)(C)C)CC1. The van der Waals surface area contributed by atoms with Crippen LogP contribution < -0.4 is 5.73 Å². The summed E-state index contributed by atoms with van der Waals surface area (Å²) in [6, 6.07) is 0.218. The van der Waals surface area contributed by atoms with Crippen LogP contribution in [-0.4, -0.2) is 6.04 Å². The highest BCUT2D eigenvalue weighted by Crippen LogP contribution is 2.40. The van der Waals surface area contributed by atoms with Crippen LogP contribution >= 0.6 is 0 Å². The fraction of sp³-hybridized carbons (Fsp3) is 0.846. The quantitative estimate of drug-likeness (QED) is 0.672. The third kappa shape index (κ3) is 2.84. The molecule has 0 aromatic rings. The van der Waals surface area contributed by atoms with Gasteiger partial charge in [0, 0.05) is 6.04 Å².